The molecule has 0 spiro atoms. The average molecular weight is 515 g/mol. The summed E-state index contributed by atoms with van der Waals surface area (Å²) < 4.78 is 6.87. The van der Waals surface area contributed by atoms with E-state index in [4.69, 9.17) is 4.74 Å². The predicted octanol–water partition coefficient (Wildman–Crippen LogP) is 5.08. The molecule has 2 aromatic rings. The van der Waals surface area contributed by atoms with Gasteiger partial charge in [0.25, 0.3) is 11.1 Å². The Morgan fingerprint density at radius 3 is 2.56 bits per heavy atom. The molecule has 0 unspecified atom stereocenters. The Kier molecular flexibility index (Phi) is 7.32. The van der Waals surface area contributed by atoms with Gasteiger partial charge in [0.1, 0.15) is 18.9 Å². The fourth-order valence-electron chi connectivity index (χ4n) is 3.61. The first kappa shape index (κ1) is 22.6. The fraction of sp³-hybridized carbons (Fsp3) is 0.292. The lowest BCUT2D eigenvalue weighted by molar-refractivity contribution is -0.136. The summed E-state index contributed by atoms with van der Waals surface area (Å²) >= 11 is 4.28. The molecular weight excluding hydrogens is 492 g/mol. The number of carbonyl (C=O) groups is 3. The Hall–Kier alpha value is -2.58. The number of carbonyl (C=O) groups excluding carboxylic acids is 3. The van der Waals surface area contributed by atoms with Gasteiger partial charge in [0.2, 0.25) is 5.91 Å². The lowest BCUT2D eigenvalue weighted by atomic mass is 10.1. The Balaban J connectivity index is 1.40. The minimum absolute atomic E-state index is 0.170. The molecule has 0 saturated carbocycles. The summed E-state index contributed by atoms with van der Waals surface area (Å²) in [6, 6.07) is 15.2. The molecule has 0 bridgehead atoms. The summed E-state index contributed by atoms with van der Waals surface area (Å²) in [7, 11) is 0. The van der Waals surface area contributed by atoms with Crippen molar-refractivity contribution in [3.8, 4) is 5.75 Å². The lowest BCUT2D eigenvalue weighted by Gasteiger charge is -2.27. The highest BCUT2D eigenvalue weighted by Crippen LogP contribution is 2.32. The molecular formula is C24H23BrN2O4S. The molecule has 32 heavy (non-hydrogen) atoms. The normalized spacial score (nSPS) is 17.8. The molecule has 6 nitrogen and oxygen atoms in total. The summed E-state index contributed by atoms with van der Waals surface area (Å²) in [5.41, 5.74) is 1.80. The van der Waals surface area contributed by atoms with E-state index in [1.165, 1.54) is 0 Å². The van der Waals surface area contributed by atoms with Gasteiger partial charge in [-0.1, -0.05) is 40.2 Å². The van der Waals surface area contributed by atoms with Gasteiger partial charge < -0.3 is 9.64 Å². The number of halogens is 1. The molecule has 2 aliphatic heterocycles. The topological polar surface area (TPSA) is 66.9 Å². The first-order valence-corrected chi connectivity index (χ1v) is 12.1. The maximum Gasteiger partial charge on any atom is 0.294 e. The van der Waals surface area contributed by atoms with Crippen LogP contribution in [0.2, 0.25) is 0 Å². The molecule has 0 aromatic heterocycles. The van der Waals surface area contributed by atoms with Crippen molar-refractivity contribution in [2.45, 2.75) is 25.9 Å². The average Bonchev–Trinajstić information content (AvgIpc) is 3.07. The molecule has 0 radical (unpaired) electrons. The Labute approximate surface area is 199 Å². The smallest absolute Gasteiger partial charge is 0.294 e. The number of nitrogens with zero attached hydrogens (tertiary/aromatic N) is 2. The van der Waals surface area contributed by atoms with Gasteiger partial charge in [-0.05, 0) is 72.5 Å². The maximum absolute atomic E-state index is 12.8. The first-order valence-electron chi connectivity index (χ1n) is 10.5. The van der Waals surface area contributed by atoms with Gasteiger partial charge in [0.15, 0.2) is 0 Å². The van der Waals surface area contributed by atoms with Crippen LogP contribution in [0.4, 0.5) is 4.79 Å². The van der Waals surface area contributed by atoms with E-state index in [0.29, 0.717) is 30.4 Å². The van der Waals surface area contributed by atoms with Crippen molar-refractivity contribution in [3.05, 3.63) is 69.0 Å². The molecule has 2 aliphatic rings. The van der Waals surface area contributed by atoms with E-state index in [0.717, 1.165) is 51.5 Å². The van der Waals surface area contributed by atoms with Crippen LogP contribution in [-0.2, 0) is 16.2 Å². The zero-order valence-electron chi connectivity index (χ0n) is 17.5. The van der Waals surface area contributed by atoms with Crippen molar-refractivity contribution in [3.63, 3.8) is 0 Å². The van der Waals surface area contributed by atoms with Crippen molar-refractivity contribution in [2.24, 2.45) is 0 Å². The molecule has 0 aliphatic carbocycles. The zero-order valence-corrected chi connectivity index (χ0v) is 19.9. The van der Waals surface area contributed by atoms with Crippen molar-refractivity contribution in [2.75, 3.05) is 19.6 Å². The number of hydrogen-bond donors (Lipinski definition) is 0. The van der Waals surface area contributed by atoms with Gasteiger partial charge in [-0.25, -0.2) is 0 Å². The Morgan fingerprint density at radius 1 is 1.06 bits per heavy atom. The van der Waals surface area contributed by atoms with Crippen LogP contribution in [0.15, 0.2) is 57.9 Å². The van der Waals surface area contributed by atoms with E-state index in [1.54, 1.807) is 11.0 Å². The van der Waals surface area contributed by atoms with Crippen molar-refractivity contribution < 1.29 is 19.1 Å². The summed E-state index contributed by atoms with van der Waals surface area (Å²) in [6.07, 6.45) is 4.71. The predicted molar refractivity (Wildman–Crippen MR) is 128 cm³/mol. The number of hydrogen-bond acceptors (Lipinski definition) is 5. The number of amides is 3. The van der Waals surface area contributed by atoms with E-state index in [1.807, 2.05) is 48.5 Å². The highest BCUT2D eigenvalue weighted by Gasteiger charge is 2.37. The second-order valence-corrected chi connectivity index (χ2v) is 9.61. The molecule has 166 valence electrons. The largest absolute Gasteiger partial charge is 0.489 e. The standard InChI is InChI=1S/C24H23BrN2O4S/c25-19-9-7-17(8-10-19)16-31-20-6-4-5-18(13-20)14-21-23(29)27(24(30)32-21)15-22(28)26-11-2-1-3-12-26/h4-10,13-14H,1-3,11-12,15-16H2/b21-14-. The number of thioether (sulfide) groups is 1. The van der Waals surface area contributed by atoms with Crippen molar-refractivity contribution in [1.29, 1.82) is 0 Å². The highest BCUT2D eigenvalue weighted by atomic mass is 79.9. The molecule has 3 amide bonds. The second kappa shape index (κ2) is 10.4. The minimum atomic E-state index is -0.424. The van der Waals surface area contributed by atoms with Gasteiger partial charge >= 0.3 is 0 Å². The third-order valence-corrected chi connectivity index (χ3v) is 6.79. The van der Waals surface area contributed by atoms with Gasteiger partial charge in [-0.2, -0.15) is 0 Å². The third-order valence-electron chi connectivity index (χ3n) is 5.35. The molecule has 0 N–H and O–H groups in total. The number of benzene rings is 2. The molecule has 8 heteroatoms. The second-order valence-electron chi connectivity index (χ2n) is 7.70. The number of ether oxygens (including phenoxy) is 1. The lowest BCUT2D eigenvalue weighted by Crippen LogP contribution is -2.44. The van der Waals surface area contributed by atoms with Crippen LogP contribution < -0.4 is 4.74 Å². The maximum atomic E-state index is 12.8. The van der Waals surface area contributed by atoms with Crippen molar-refractivity contribution in [1.82, 2.24) is 9.80 Å². The van der Waals surface area contributed by atoms with Gasteiger partial charge in [0.05, 0.1) is 4.91 Å². The molecule has 2 aromatic carbocycles. The van der Waals surface area contributed by atoms with Crippen LogP contribution in [0.1, 0.15) is 30.4 Å². The molecule has 0 atom stereocenters. The van der Waals surface area contributed by atoms with E-state index >= 15 is 0 Å². The molecule has 4 rings (SSSR count). The third kappa shape index (κ3) is 5.61. The summed E-state index contributed by atoms with van der Waals surface area (Å²) in [5, 5.41) is -0.408. The van der Waals surface area contributed by atoms with Crippen LogP contribution in [0.3, 0.4) is 0 Å². The SMILES string of the molecule is O=C(CN1C(=O)S/C(=C\c2cccc(OCc3ccc(Br)cc3)c2)C1=O)N1CCCCC1. The quantitative estimate of drug-likeness (QED) is 0.503. The van der Waals surface area contributed by atoms with Crippen LogP contribution in [0.5, 0.6) is 5.75 Å². The summed E-state index contributed by atoms with van der Waals surface area (Å²) in [5.74, 6) is 0.0734. The van der Waals surface area contributed by atoms with Gasteiger partial charge in [0, 0.05) is 17.6 Å². The molecule has 2 fully saturated rings. The van der Waals surface area contributed by atoms with Crippen molar-refractivity contribution >= 4 is 50.8 Å². The van der Waals surface area contributed by atoms with Crippen LogP contribution in [0, 0.1) is 0 Å². The van der Waals surface area contributed by atoms with E-state index in [9.17, 15) is 14.4 Å². The number of rotatable bonds is 6. The monoisotopic (exact) mass is 514 g/mol. The summed E-state index contributed by atoms with van der Waals surface area (Å²) in [6.45, 7) is 1.61. The van der Waals surface area contributed by atoms with Crippen LogP contribution in [0.25, 0.3) is 6.08 Å². The fourth-order valence-corrected chi connectivity index (χ4v) is 4.71. The number of imide groups is 1. The number of piperidine rings is 1. The zero-order chi connectivity index (χ0) is 22.5. The number of likely N-dealkylation sites (tertiary alicyclic amines) is 1. The van der Waals surface area contributed by atoms with Gasteiger partial charge in [-0.15, -0.1) is 0 Å². The molecule has 2 saturated heterocycles. The van der Waals surface area contributed by atoms with E-state index in [2.05, 4.69) is 15.9 Å². The minimum Gasteiger partial charge on any atom is -0.489 e. The van der Waals surface area contributed by atoms with Crippen LogP contribution >= 0.6 is 27.7 Å². The Morgan fingerprint density at radius 2 is 1.81 bits per heavy atom. The Bertz CT molecular complexity index is 1050. The molecule has 2 heterocycles. The van der Waals surface area contributed by atoms with Crippen LogP contribution in [-0.4, -0.2) is 46.5 Å². The van der Waals surface area contributed by atoms with E-state index in [-0.39, 0.29) is 12.5 Å². The van der Waals surface area contributed by atoms with Gasteiger partial charge in [-0.3, -0.25) is 19.3 Å². The highest BCUT2D eigenvalue weighted by molar-refractivity contribution is 9.10. The van der Waals surface area contributed by atoms with E-state index < -0.39 is 11.1 Å². The first-order chi connectivity index (χ1) is 15.5. The summed E-state index contributed by atoms with van der Waals surface area (Å²) in [4.78, 5) is 40.7.